The lowest BCUT2D eigenvalue weighted by molar-refractivity contribution is -0.129. The highest BCUT2D eigenvalue weighted by Gasteiger charge is 2.25. The molecule has 4 heteroatoms. The zero-order chi connectivity index (χ0) is 9.84. The molecule has 0 aromatic carbocycles. The van der Waals surface area contributed by atoms with Crippen molar-refractivity contribution in [2.45, 2.75) is 12.8 Å². The Morgan fingerprint density at radius 1 is 1.62 bits per heavy atom. The topological polar surface area (TPSA) is 49.4 Å². The third-order valence-corrected chi connectivity index (χ3v) is 1.89. The molecular weight excluding hydrogens is 168 g/mol. The fourth-order valence-corrected chi connectivity index (χ4v) is 1.23. The highest BCUT2D eigenvalue weighted by Crippen LogP contribution is 2.14. The van der Waals surface area contributed by atoms with Gasteiger partial charge in [-0.1, -0.05) is 13.2 Å². The molecule has 0 aromatic heterocycles. The third kappa shape index (κ3) is 1.96. The second-order valence-corrected chi connectivity index (χ2v) is 2.77. The van der Waals surface area contributed by atoms with Gasteiger partial charge in [0.1, 0.15) is 5.70 Å². The van der Waals surface area contributed by atoms with Crippen LogP contribution in [0.2, 0.25) is 0 Å². The van der Waals surface area contributed by atoms with Crippen molar-refractivity contribution in [1.82, 2.24) is 10.2 Å². The van der Waals surface area contributed by atoms with Crippen molar-refractivity contribution in [3.8, 4) is 0 Å². The van der Waals surface area contributed by atoms with Gasteiger partial charge in [0, 0.05) is 13.0 Å². The van der Waals surface area contributed by atoms with Crippen molar-refractivity contribution in [2.75, 3.05) is 6.54 Å². The summed E-state index contributed by atoms with van der Waals surface area (Å²) in [7, 11) is 0. The van der Waals surface area contributed by atoms with E-state index in [9.17, 15) is 9.59 Å². The summed E-state index contributed by atoms with van der Waals surface area (Å²) in [6.07, 6.45) is 2.56. The number of nitrogens with zero attached hydrogens (tertiary/aromatic N) is 1. The first kappa shape index (κ1) is 9.51. The summed E-state index contributed by atoms with van der Waals surface area (Å²) < 4.78 is 0. The van der Waals surface area contributed by atoms with Gasteiger partial charge >= 0.3 is 0 Å². The quantitative estimate of drug-likeness (QED) is 0.638. The Bertz CT molecular complexity index is 271. The predicted molar refractivity (Wildman–Crippen MR) is 48.4 cm³/mol. The van der Waals surface area contributed by atoms with E-state index in [1.165, 1.54) is 11.1 Å². The molecule has 1 N–H and O–H groups in total. The summed E-state index contributed by atoms with van der Waals surface area (Å²) in [5.74, 6) is -0.408. The normalized spacial score (nSPS) is 15.7. The minimum atomic E-state index is -0.370. The molecule has 1 saturated heterocycles. The third-order valence-electron chi connectivity index (χ3n) is 1.89. The fourth-order valence-electron chi connectivity index (χ4n) is 1.23. The zero-order valence-corrected chi connectivity index (χ0v) is 7.38. The highest BCUT2D eigenvalue weighted by atomic mass is 16.2. The zero-order valence-electron chi connectivity index (χ0n) is 7.38. The van der Waals surface area contributed by atoms with E-state index in [4.69, 9.17) is 0 Å². The number of carbonyl (C=O) groups is 2. The molecule has 0 bridgehead atoms. The van der Waals surface area contributed by atoms with Crippen molar-refractivity contribution in [1.29, 1.82) is 0 Å². The molecule has 0 saturated carbocycles. The van der Waals surface area contributed by atoms with Crippen LogP contribution < -0.4 is 5.32 Å². The molecule has 0 radical (unpaired) electrons. The predicted octanol–water partition coefficient (Wildman–Crippen LogP) is 0.382. The molecule has 1 fully saturated rings. The molecule has 1 aliphatic rings. The minimum Gasteiger partial charge on any atom is -0.328 e. The van der Waals surface area contributed by atoms with Gasteiger partial charge < -0.3 is 10.2 Å². The Kier molecular flexibility index (Phi) is 2.84. The average molecular weight is 180 g/mol. The lowest BCUT2D eigenvalue weighted by Crippen LogP contribution is -2.32. The van der Waals surface area contributed by atoms with Gasteiger partial charge in [0.05, 0.1) is 0 Å². The molecular formula is C9H12N2O2. The second-order valence-electron chi connectivity index (χ2n) is 2.77. The van der Waals surface area contributed by atoms with Crippen molar-refractivity contribution >= 4 is 11.8 Å². The van der Waals surface area contributed by atoms with Gasteiger partial charge in [0.2, 0.25) is 5.91 Å². The van der Waals surface area contributed by atoms with E-state index in [1.807, 2.05) is 0 Å². The van der Waals surface area contributed by atoms with E-state index in [0.717, 1.165) is 6.42 Å². The molecule has 0 aromatic rings. The van der Waals surface area contributed by atoms with Gasteiger partial charge in [-0.25, -0.2) is 0 Å². The second kappa shape index (κ2) is 3.89. The van der Waals surface area contributed by atoms with Crippen LogP contribution in [0.5, 0.6) is 0 Å². The molecule has 0 unspecified atom stereocenters. The lowest BCUT2D eigenvalue weighted by Gasteiger charge is -2.16. The Morgan fingerprint density at radius 2 is 2.31 bits per heavy atom. The van der Waals surface area contributed by atoms with Gasteiger partial charge in [-0.05, 0) is 12.6 Å². The Morgan fingerprint density at radius 3 is 2.77 bits per heavy atom. The van der Waals surface area contributed by atoms with Crippen molar-refractivity contribution in [3.63, 3.8) is 0 Å². The lowest BCUT2D eigenvalue weighted by atomic mass is 10.4. The van der Waals surface area contributed by atoms with Crippen LogP contribution in [0.25, 0.3) is 0 Å². The molecule has 13 heavy (non-hydrogen) atoms. The van der Waals surface area contributed by atoms with Crippen LogP contribution >= 0.6 is 0 Å². The van der Waals surface area contributed by atoms with E-state index in [-0.39, 0.29) is 17.5 Å². The Balaban J connectivity index is 2.61. The van der Waals surface area contributed by atoms with Gasteiger partial charge in [0.25, 0.3) is 5.91 Å². The highest BCUT2D eigenvalue weighted by molar-refractivity contribution is 5.97. The maximum Gasteiger partial charge on any atom is 0.271 e. The van der Waals surface area contributed by atoms with Crippen molar-refractivity contribution < 1.29 is 9.59 Å². The van der Waals surface area contributed by atoms with E-state index in [2.05, 4.69) is 18.5 Å². The van der Waals surface area contributed by atoms with Crippen molar-refractivity contribution in [2.24, 2.45) is 0 Å². The largest absolute Gasteiger partial charge is 0.328 e. The van der Waals surface area contributed by atoms with Gasteiger partial charge in [-0.3, -0.25) is 9.59 Å². The van der Waals surface area contributed by atoms with Crippen LogP contribution in [-0.4, -0.2) is 23.3 Å². The monoisotopic (exact) mass is 180 g/mol. The van der Waals surface area contributed by atoms with Crippen LogP contribution in [0.3, 0.4) is 0 Å². The summed E-state index contributed by atoms with van der Waals surface area (Å²) in [6.45, 7) is 7.49. The SMILES string of the molecule is C=CNC(=O)C(=C)N1CCCC1=O. The van der Waals surface area contributed by atoms with E-state index in [1.54, 1.807) is 0 Å². The van der Waals surface area contributed by atoms with E-state index in [0.29, 0.717) is 13.0 Å². The van der Waals surface area contributed by atoms with Crippen LogP contribution in [-0.2, 0) is 9.59 Å². The first-order chi connectivity index (χ1) is 6.16. The molecule has 1 rings (SSSR count). The summed E-state index contributed by atoms with van der Waals surface area (Å²) in [4.78, 5) is 23.8. The smallest absolute Gasteiger partial charge is 0.271 e. The van der Waals surface area contributed by atoms with Crippen LogP contribution in [0.15, 0.2) is 25.1 Å². The number of likely N-dealkylation sites (tertiary alicyclic amines) is 1. The fraction of sp³-hybridized carbons (Fsp3) is 0.333. The maximum absolute atomic E-state index is 11.2. The summed E-state index contributed by atoms with van der Waals surface area (Å²) >= 11 is 0. The maximum atomic E-state index is 11.2. The van der Waals surface area contributed by atoms with Crippen LogP contribution in [0, 0.1) is 0 Å². The number of nitrogens with one attached hydrogen (secondary N) is 1. The molecule has 1 heterocycles. The van der Waals surface area contributed by atoms with Gasteiger partial charge in [0.15, 0.2) is 0 Å². The standard InChI is InChI=1S/C9H12N2O2/c1-3-10-9(13)7(2)11-6-4-5-8(11)12/h3H,1-2,4-6H2,(H,10,13). The molecule has 0 atom stereocenters. The van der Waals surface area contributed by atoms with E-state index >= 15 is 0 Å². The Labute approximate surface area is 76.9 Å². The van der Waals surface area contributed by atoms with Gasteiger partial charge in [-0.15, -0.1) is 0 Å². The summed E-state index contributed by atoms with van der Waals surface area (Å²) in [5, 5.41) is 2.37. The number of hydrogen-bond donors (Lipinski definition) is 1. The number of amides is 2. The molecule has 0 aliphatic carbocycles. The van der Waals surface area contributed by atoms with Crippen LogP contribution in [0.1, 0.15) is 12.8 Å². The molecule has 0 spiro atoms. The molecule has 4 nitrogen and oxygen atoms in total. The van der Waals surface area contributed by atoms with Crippen LogP contribution in [0.4, 0.5) is 0 Å². The van der Waals surface area contributed by atoms with E-state index < -0.39 is 0 Å². The average Bonchev–Trinajstić information content (AvgIpc) is 2.50. The molecule has 70 valence electrons. The first-order valence-corrected chi connectivity index (χ1v) is 4.08. The number of rotatable bonds is 3. The first-order valence-electron chi connectivity index (χ1n) is 4.08. The van der Waals surface area contributed by atoms with Gasteiger partial charge in [-0.2, -0.15) is 0 Å². The molecule has 2 amide bonds. The minimum absolute atomic E-state index is 0.0378. The molecule has 1 aliphatic heterocycles. The summed E-state index contributed by atoms with van der Waals surface area (Å²) in [6, 6.07) is 0. The number of hydrogen-bond acceptors (Lipinski definition) is 2. The Hall–Kier alpha value is -1.58. The van der Waals surface area contributed by atoms with Crippen molar-refractivity contribution in [3.05, 3.63) is 25.1 Å². The number of carbonyl (C=O) groups excluding carboxylic acids is 2. The summed E-state index contributed by atoms with van der Waals surface area (Å²) in [5.41, 5.74) is 0.197.